The van der Waals surface area contributed by atoms with E-state index in [-0.39, 0.29) is 0 Å². The molecule has 220 valence electrons. The summed E-state index contributed by atoms with van der Waals surface area (Å²) in [7, 11) is -3.62. The molecule has 8 heteroatoms. The molecule has 0 aliphatic carbocycles. The second-order valence-electron chi connectivity index (χ2n) is 11.2. The summed E-state index contributed by atoms with van der Waals surface area (Å²) in [6.07, 6.45) is 0. The Bertz CT molecular complexity index is 2460. The van der Waals surface area contributed by atoms with Gasteiger partial charge in [0.1, 0.15) is 5.01 Å². The molecule has 0 amide bonds. The van der Waals surface area contributed by atoms with Gasteiger partial charge in [0.25, 0.3) is 0 Å². The average molecular weight is 633 g/mol. The largest absolute Gasteiger partial charge is 0.309 e. The van der Waals surface area contributed by atoms with Crippen LogP contribution in [-0.2, 0) is 9.84 Å². The van der Waals surface area contributed by atoms with Gasteiger partial charge in [0.2, 0.25) is 9.84 Å². The van der Waals surface area contributed by atoms with Gasteiger partial charge in [0, 0.05) is 33.3 Å². The fraction of sp³-hybridized carbons (Fsp3) is 0. The molecule has 6 aromatic carbocycles. The van der Waals surface area contributed by atoms with Crippen LogP contribution in [0.1, 0.15) is 0 Å². The SMILES string of the molecule is O=S1(=O)c2ccccc2N(c2ccc(-c3nc(-c4cccc(-n5c6ccccc6c6ccccc65)c4)ns3)cc2)c2ccccc21. The zero-order valence-electron chi connectivity index (χ0n) is 24.3. The van der Waals surface area contributed by atoms with Gasteiger partial charge < -0.3 is 9.47 Å². The summed E-state index contributed by atoms with van der Waals surface area (Å²) in [5.41, 5.74) is 7.39. The molecule has 0 fully saturated rings. The highest BCUT2D eigenvalue weighted by atomic mass is 32.2. The Labute approximate surface area is 269 Å². The molecule has 3 heterocycles. The molecule has 1 aliphatic rings. The van der Waals surface area contributed by atoms with Gasteiger partial charge in [-0.1, -0.05) is 72.8 Å². The molecule has 2 aromatic heterocycles. The topological polar surface area (TPSA) is 68.1 Å². The van der Waals surface area contributed by atoms with E-state index in [1.54, 1.807) is 24.3 Å². The van der Waals surface area contributed by atoms with Crippen LogP contribution in [0.5, 0.6) is 0 Å². The summed E-state index contributed by atoms with van der Waals surface area (Å²) in [5.74, 6) is 0.677. The third-order valence-electron chi connectivity index (χ3n) is 8.53. The Kier molecular flexibility index (Phi) is 5.96. The van der Waals surface area contributed by atoms with Gasteiger partial charge in [0.05, 0.1) is 32.2 Å². The van der Waals surface area contributed by atoms with E-state index in [0.717, 1.165) is 38.5 Å². The maximum absolute atomic E-state index is 13.4. The van der Waals surface area contributed by atoms with E-state index in [9.17, 15) is 8.42 Å². The Balaban J connectivity index is 1.07. The number of hydrogen-bond donors (Lipinski definition) is 0. The molecule has 8 aromatic rings. The maximum Gasteiger partial charge on any atom is 0.210 e. The first-order chi connectivity index (χ1) is 22.6. The molecule has 0 radical (unpaired) electrons. The van der Waals surface area contributed by atoms with E-state index in [1.807, 2.05) is 59.5 Å². The summed E-state index contributed by atoms with van der Waals surface area (Å²) in [4.78, 5) is 7.54. The Morgan fingerprint density at radius 2 is 1.13 bits per heavy atom. The van der Waals surface area contributed by atoms with E-state index < -0.39 is 9.84 Å². The van der Waals surface area contributed by atoms with Crippen molar-refractivity contribution >= 4 is 60.2 Å². The Hall–Kier alpha value is -5.57. The number of para-hydroxylation sites is 4. The number of rotatable bonds is 4. The van der Waals surface area contributed by atoms with E-state index in [1.165, 1.54) is 22.3 Å². The van der Waals surface area contributed by atoms with Crippen molar-refractivity contribution in [2.45, 2.75) is 9.79 Å². The van der Waals surface area contributed by atoms with Crippen molar-refractivity contribution in [3.8, 4) is 27.6 Å². The normalized spacial score (nSPS) is 13.5. The summed E-state index contributed by atoms with van der Waals surface area (Å²) in [6, 6.07) is 47.7. The molecule has 9 rings (SSSR count). The minimum atomic E-state index is -3.62. The van der Waals surface area contributed by atoms with Crippen LogP contribution in [0.3, 0.4) is 0 Å². The van der Waals surface area contributed by atoms with E-state index in [0.29, 0.717) is 27.0 Å². The van der Waals surface area contributed by atoms with E-state index >= 15 is 0 Å². The van der Waals surface area contributed by atoms with Gasteiger partial charge in [-0.3, -0.25) is 0 Å². The van der Waals surface area contributed by atoms with Crippen molar-refractivity contribution in [1.82, 2.24) is 13.9 Å². The molecule has 0 atom stereocenters. The molecular weight excluding hydrogens is 609 g/mol. The summed E-state index contributed by atoms with van der Waals surface area (Å²) in [5, 5.41) is 3.25. The molecule has 0 saturated heterocycles. The minimum absolute atomic E-state index is 0.301. The first kappa shape index (κ1) is 26.8. The number of nitrogens with zero attached hydrogens (tertiary/aromatic N) is 4. The Morgan fingerprint density at radius 1 is 0.543 bits per heavy atom. The zero-order valence-corrected chi connectivity index (χ0v) is 25.9. The minimum Gasteiger partial charge on any atom is -0.309 e. The standard InChI is InChI=1S/C38H24N4O2S2/c43-46(44)35-18-7-5-16-33(35)41(34-17-6-8-19-36(34)46)27-22-20-25(21-23-27)38-39-37(40-45-38)26-10-9-11-28(24-26)42-31-14-3-1-12-29(31)30-13-2-4-15-32(30)42/h1-24H. The van der Waals surface area contributed by atoms with Crippen LogP contribution >= 0.6 is 11.5 Å². The molecule has 6 nitrogen and oxygen atoms in total. The second-order valence-corrected chi connectivity index (χ2v) is 13.8. The van der Waals surface area contributed by atoms with Gasteiger partial charge >= 0.3 is 0 Å². The van der Waals surface area contributed by atoms with Crippen LogP contribution in [0.4, 0.5) is 17.1 Å². The van der Waals surface area contributed by atoms with Gasteiger partial charge in [-0.05, 0) is 84.3 Å². The van der Waals surface area contributed by atoms with Crippen molar-refractivity contribution in [2.75, 3.05) is 4.90 Å². The molecule has 0 saturated carbocycles. The Morgan fingerprint density at radius 3 is 1.78 bits per heavy atom. The molecule has 46 heavy (non-hydrogen) atoms. The highest BCUT2D eigenvalue weighted by molar-refractivity contribution is 7.92. The number of benzene rings is 6. The lowest BCUT2D eigenvalue weighted by atomic mass is 10.1. The van der Waals surface area contributed by atoms with Crippen LogP contribution in [0.15, 0.2) is 155 Å². The summed E-state index contributed by atoms with van der Waals surface area (Å²) < 4.78 is 33.8. The van der Waals surface area contributed by atoms with Gasteiger partial charge in [-0.15, -0.1) is 0 Å². The number of aromatic nitrogens is 3. The van der Waals surface area contributed by atoms with Crippen LogP contribution in [0.25, 0.3) is 49.5 Å². The number of fused-ring (bicyclic) bond motifs is 5. The monoisotopic (exact) mass is 632 g/mol. The summed E-state index contributed by atoms with van der Waals surface area (Å²) in [6.45, 7) is 0. The van der Waals surface area contributed by atoms with Crippen LogP contribution < -0.4 is 4.90 Å². The number of anilines is 3. The molecule has 0 spiro atoms. The third kappa shape index (κ3) is 4.04. The number of hydrogen-bond acceptors (Lipinski definition) is 6. The van der Waals surface area contributed by atoms with Crippen LogP contribution in [0.2, 0.25) is 0 Å². The molecule has 0 unspecified atom stereocenters. The first-order valence-corrected chi connectivity index (χ1v) is 17.1. The zero-order chi connectivity index (χ0) is 30.8. The van der Waals surface area contributed by atoms with Gasteiger partial charge in [0.15, 0.2) is 5.82 Å². The van der Waals surface area contributed by atoms with Crippen molar-refractivity contribution < 1.29 is 8.42 Å². The lowest BCUT2D eigenvalue weighted by molar-refractivity contribution is 0.595. The van der Waals surface area contributed by atoms with Gasteiger partial charge in [-0.25, -0.2) is 13.4 Å². The van der Waals surface area contributed by atoms with Crippen LogP contribution in [0, 0.1) is 0 Å². The predicted molar refractivity (Wildman–Crippen MR) is 185 cm³/mol. The van der Waals surface area contributed by atoms with Crippen molar-refractivity contribution in [1.29, 1.82) is 0 Å². The fourth-order valence-electron chi connectivity index (χ4n) is 6.46. The molecule has 0 N–H and O–H groups in total. The quantitative estimate of drug-likeness (QED) is 0.193. The predicted octanol–water partition coefficient (Wildman–Crippen LogP) is 9.59. The van der Waals surface area contributed by atoms with Crippen molar-refractivity contribution in [3.63, 3.8) is 0 Å². The maximum atomic E-state index is 13.4. The van der Waals surface area contributed by atoms with E-state index in [4.69, 9.17) is 9.36 Å². The van der Waals surface area contributed by atoms with Crippen molar-refractivity contribution in [3.05, 3.63) is 146 Å². The smallest absolute Gasteiger partial charge is 0.210 e. The van der Waals surface area contributed by atoms with Gasteiger partial charge in [-0.2, -0.15) is 4.37 Å². The highest BCUT2D eigenvalue weighted by Crippen LogP contribution is 2.48. The van der Waals surface area contributed by atoms with Crippen LogP contribution in [-0.4, -0.2) is 22.3 Å². The molecule has 1 aliphatic heterocycles. The second kappa shape index (κ2) is 10.2. The lowest BCUT2D eigenvalue weighted by Gasteiger charge is -2.32. The fourth-order valence-corrected chi connectivity index (χ4v) is 8.77. The summed E-state index contributed by atoms with van der Waals surface area (Å²) >= 11 is 1.36. The van der Waals surface area contributed by atoms with E-state index in [2.05, 4.69) is 71.3 Å². The number of sulfone groups is 1. The highest BCUT2D eigenvalue weighted by Gasteiger charge is 2.34. The van der Waals surface area contributed by atoms with Crippen molar-refractivity contribution in [2.24, 2.45) is 0 Å². The molecule has 0 bridgehead atoms. The average Bonchev–Trinajstić information content (AvgIpc) is 3.73. The third-order valence-corrected chi connectivity index (χ3v) is 11.1. The first-order valence-electron chi connectivity index (χ1n) is 14.8. The lowest BCUT2D eigenvalue weighted by Crippen LogP contribution is -2.21. The molecular formula is C38H24N4O2S2.